The number of amides is 2. The molecule has 5 aromatic rings. The van der Waals surface area contributed by atoms with Crippen LogP contribution in [0.25, 0.3) is 21.8 Å². The molecule has 0 radical (unpaired) electrons. The Labute approximate surface area is 289 Å². The second-order valence-corrected chi connectivity index (χ2v) is 12.0. The van der Waals surface area contributed by atoms with E-state index in [0.717, 1.165) is 27.7 Å². The highest BCUT2D eigenvalue weighted by Crippen LogP contribution is 2.36. The second-order valence-electron chi connectivity index (χ2n) is 11.2. The molecule has 0 unspecified atom stereocenters. The molecule has 5 rings (SSSR count). The van der Waals surface area contributed by atoms with Crippen LogP contribution in [0, 0.1) is 0 Å². The number of ether oxygens (including phenoxy) is 2. The number of hydrogen-bond acceptors (Lipinski definition) is 8. The van der Waals surface area contributed by atoms with Gasteiger partial charge in [0.05, 0.1) is 29.4 Å². The highest BCUT2D eigenvalue weighted by atomic mass is 35.5. The van der Waals surface area contributed by atoms with Gasteiger partial charge in [0.25, 0.3) is 5.91 Å². The summed E-state index contributed by atoms with van der Waals surface area (Å²) in [5.74, 6) is 1.64. The van der Waals surface area contributed by atoms with Gasteiger partial charge in [0.15, 0.2) is 0 Å². The Balaban J connectivity index is 1.40. The number of fused-ring (bicyclic) bond motifs is 2. The number of anilines is 4. The number of likely N-dealkylation sites (N-methyl/N-ethyl adjacent to an activating group) is 1. The number of aromatic nitrogens is 1. The second kappa shape index (κ2) is 16.4. The predicted molar refractivity (Wildman–Crippen MR) is 196 cm³/mol. The number of nitrogens with one attached hydrogen (secondary N) is 3. The van der Waals surface area contributed by atoms with E-state index >= 15 is 0 Å². The number of para-hydroxylation sites is 2. The number of nitrogens with zero attached hydrogens (tertiary/aromatic N) is 3. The van der Waals surface area contributed by atoms with E-state index < -0.39 is 6.09 Å². The summed E-state index contributed by atoms with van der Waals surface area (Å²) in [6, 6.07) is 25.7. The van der Waals surface area contributed by atoms with E-state index in [-0.39, 0.29) is 5.91 Å². The SMILES string of the molecule is COc1cc(NC(=O)Oc2ccc(N(CCCl)CCCl)cc2)cc(Nc2c3ccccc3nc3c(C(=O)NCCN(C)C)cccc23)c1. The van der Waals surface area contributed by atoms with Crippen molar-refractivity contribution in [3.8, 4) is 11.5 Å². The number of alkyl halides is 2. The maximum absolute atomic E-state index is 13.2. The maximum atomic E-state index is 13.2. The molecule has 1 aromatic heterocycles. The molecule has 12 heteroatoms. The van der Waals surface area contributed by atoms with Crippen LogP contribution in [0.15, 0.2) is 84.9 Å². The van der Waals surface area contributed by atoms with Crippen molar-refractivity contribution in [1.29, 1.82) is 0 Å². The molecule has 0 fully saturated rings. The Kier molecular flexibility index (Phi) is 11.8. The number of pyridine rings is 1. The van der Waals surface area contributed by atoms with Gasteiger partial charge in [0.2, 0.25) is 0 Å². The number of hydrogen-bond donors (Lipinski definition) is 3. The summed E-state index contributed by atoms with van der Waals surface area (Å²) in [4.78, 5) is 35.1. The Hall–Kier alpha value is -4.77. The lowest BCUT2D eigenvalue weighted by Crippen LogP contribution is -2.31. The van der Waals surface area contributed by atoms with Crippen LogP contribution in [0.2, 0.25) is 0 Å². The number of carbonyl (C=O) groups excluding carboxylic acids is 2. The first-order valence-corrected chi connectivity index (χ1v) is 16.5. The van der Waals surface area contributed by atoms with Crippen molar-refractivity contribution < 1.29 is 19.1 Å². The standard InChI is InChI=1S/C36H38Cl2N6O4/c1-43(2)20-17-39-35(45)31-9-6-8-30-33(29-7-4-5-10-32(29)42-34(30)31)40-24-21-25(23-28(22-24)47-3)41-36(46)48-27-13-11-26(12-14-27)44(18-15-37)19-16-38/h4-14,21-23H,15-20H2,1-3H3,(H,39,45)(H,40,42)(H,41,46). The summed E-state index contributed by atoms with van der Waals surface area (Å²) in [6.07, 6.45) is -0.662. The largest absolute Gasteiger partial charge is 0.497 e. The molecule has 0 saturated carbocycles. The third kappa shape index (κ3) is 8.57. The van der Waals surface area contributed by atoms with Crippen molar-refractivity contribution in [3.05, 3.63) is 90.5 Å². The van der Waals surface area contributed by atoms with Crippen LogP contribution in [0.5, 0.6) is 11.5 Å². The lowest BCUT2D eigenvalue weighted by atomic mass is 10.0. The Morgan fingerprint density at radius 3 is 2.23 bits per heavy atom. The molecule has 0 saturated heterocycles. The molecule has 10 nitrogen and oxygen atoms in total. The van der Waals surface area contributed by atoms with Crippen LogP contribution in [-0.4, -0.2) is 81.0 Å². The van der Waals surface area contributed by atoms with Gasteiger partial charge in [-0.05, 0) is 56.6 Å². The summed E-state index contributed by atoms with van der Waals surface area (Å²) in [6.45, 7) is 2.53. The number of rotatable bonds is 14. The smallest absolute Gasteiger partial charge is 0.417 e. The van der Waals surface area contributed by atoms with Crippen molar-refractivity contribution in [2.24, 2.45) is 0 Å². The van der Waals surface area contributed by atoms with Gasteiger partial charge in [0, 0.05) is 77.9 Å². The van der Waals surface area contributed by atoms with Crippen molar-refractivity contribution in [2.45, 2.75) is 0 Å². The number of carbonyl (C=O) groups is 2. The zero-order valence-electron chi connectivity index (χ0n) is 27.1. The van der Waals surface area contributed by atoms with Crippen LogP contribution < -0.4 is 30.3 Å². The van der Waals surface area contributed by atoms with Crippen molar-refractivity contribution in [2.75, 3.05) is 74.7 Å². The summed E-state index contributed by atoms with van der Waals surface area (Å²) >= 11 is 11.9. The molecule has 1 heterocycles. The number of halogens is 2. The van der Waals surface area contributed by atoms with Gasteiger partial charge in [-0.1, -0.05) is 30.3 Å². The number of benzene rings is 4. The minimum absolute atomic E-state index is 0.194. The van der Waals surface area contributed by atoms with E-state index in [0.29, 0.717) is 71.9 Å². The highest BCUT2D eigenvalue weighted by Gasteiger charge is 2.17. The van der Waals surface area contributed by atoms with Gasteiger partial charge in [-0.2, -0.15) is 0 Å². The molecular formula is C36H38Cl2N6O4. The van der Waals surface area contributed by atoms with Crippen molar-refractivity contribution in [3.63, 3.8) is 0 Å². The lowest BCUT2D eigenvalue weighted by Gasteiger charge is -2.22. The molecule has 48 heavy (non-hydrogen) atoms. The molecule has 250 valence electrons. The minimum atomic E-state index is -0.662. The Morgan fingerprint density at radius 1 is 0.812 bits per heavy atom. The fraction of sp³-hybridized carbons (Fsp3) is 0.250. The third-order valence-electron chi connectivity index (χ3n) is 7.58. The van der Waals surface area contributed by atoms with Gasteiger partial charge in [0.1, 0.15) is 11.5 Å². The fourth-order valence-electron chi connectivity index (χ4n) is 5.27. The van der Waals surface area contributed by atoms with Crippen molar-refractivity contribution in [1.82, 2.24) is 15.2 Å². The van der Waals surface area contributed by atoms with Gasteiger partial charge >= 0.3 is 6.09 Å². The average Bonchev–Trinajstić information content (AvgIpc) is 3.07. The number of methoxy groups -OCH3 is 1. The monoisotopic (exact) mass is 688 g/mol. The summed E-state index contributed by atoms with van der Waals surface area (Å²) in [5, 5.41) is 10.9. The summed E-state index contributed by atoms with van der Waals surface area (Å²) in [5.41, 5.74) is 4.58. The summed E-state index contributed by atoms with van der Waals surface area (Å²) < 4.78 is 11.1. The quantitative estimate of drug-likeness (QED) is 0.0823. The van der Waals surface area contributed by atoms with Gasteiger partial charge in [-0.25, -0.2) is 9.78 Å². The van der Waals surface area contributed by atoms with E-state index in [4.69, 9.17) is 37.7 Å². The molecule has 0 aliphatic carbocycles. The average molecular weight is 690 g/mol. The zero-order valence-corrected chi connectivity index (χ0v) is 28.6. The van der Waals surface area contributed by atoms with Crippen LogP contribution in [0.1, 0.15) is 10.4 Å². The van der Waals surface area contributed by atoms with Crippen LogP contribution in [-0.2, 0) is 0 Å². The molecule has 0 bridgehead atoms. The normalized spacial score (nSPS) is 11.0. The van der Waals surface area contributed by atoms with Crippen LogP contribution in [0.4, 0.5) is 27.5 Å². The van der Waals surface area contributed by atoms with Gasteiger partial charge < -0.3 is 29.9 Å². The van der Waals surface area contributed by atoms with E-state index in [2.05, 4.69) is 20.9 Å². The van der Waals surface area contributed by atoms with E-state index in [1.165, 1.54) is 0 Å². The molecule has 3 N–H and O–H groups in total. The van der Waals surface area contributed by atoms with E-state index in [1.54, 1.807) is 37.4 Å². The fourth-order valence-corrected chi connectivity index (χ4v) is 5.68. The van der Waals surface area contributed by atoms with E-state index in [1.807, 2.05) is 73.6 Å². The van der Waals surface area contributed by atoms with Gasteiger partial charge in [-0.15, -0.1) is 23.2 Å². The topological polar surface area (TPSA) is 108 Å². The van der Waals surface area contributed by atoms with Crippen LogP contribution in [0.3, 0.4) is 0 Å². The predicted octanol–water partition coefficient (Wildman–Crippen LogP) is 7.33. The Bertz CT molecular complexity index is 1880. The van der Waals surface area contributed by atoms with Crippen molar-refractivity contribution >= 4 is 79.8 Å². The third-order valence-corrected chi connectivity index (χ3v) is 7.92. The molecule has 4 aromatic carbocycles. The Morgan fingerprint density at radius 2 is 1.52 bits per heavy atom. The molecular weight excluding hydrogens is 651 g/mol. The molecule has 0 aliphatic rings. The van der Waals surface area contributed by atoms with Crippen LogP contribution >= 0.6 is 23.2 Å². The maximum Gasteiger partial charge on any atom is 0.417 e. The summed E-state index contributed by atoms with van der Waals surface area (Å²) in [7, 11) is 5.47. The lowest BCUT2D eigenvalue weighted by molar-refractivity contribution is 0.0952. The van der Waals surface area contributed by atoms with Gasteiger partial charge in [-0.3, -0.25) is 10.1 Å². The molecule has 0 aliphatic heterocycles. The first-order chi connectivity index (χ1) is 23.3. The molecule has 0 spiro atoms. The zero-order chi connectivity index (χ0) is 34.0. The highest BCUT2D eigenvalue weighted by molar-refractivity contribution is 6.18. The first-order valence-electron chi connectivity index (χ1n) is 15.5. The first kappa shape index (κ1) is 34.6. The van der Waals surface area contributed by atoms with E-state index in [9.17, 15) is 9.59 Å². The molecule has 2 amide bonds. The molecule has 0 atom stereocenters. The minimum Gasteiger partial charge on any atom is -0.497 e.